The zero-order chi connectivity index (χ0) is 29.7. The second-order valence-electron chi connectivity index (χ2n) is 13.5. The lowest BCUT2D eigenvalue weighted by Crippen LogP contribution is -2.30. The number of hydrogen-bond donors (Lipinski definition) is 0. The van der Waals surface area contributed by atoms with Gasteiger partial charge in [0.1, 0.15) is 11.6 Å². The third kappa shape index (κ3) is 7.46. The van der Waals surface area contributed by atoms with Gasteiger partial charge in [0, 0.05) is 17.9 Å². The van der Waals surface area contributed by atoms with Crippen LogP contribution in [0.3, 0.4) is 0 Å². The van der Waals surface area contributed by atoms with Gasteiger partial charge in [0.25, 0.3) is 0 Å². The van der Waals surface area contributed by atoms with Crippen molar-refractivity contribution in [2.45, 2.75) is 125 Å². The first-order valence-electron chi connectivity index (χ1n) is 16.4. The lowest BCUT2D eigenvalue weighted by Gasteiger charge is -2.33. The molecule has 0 bridgehead atoms. The highest BCUT2D eigenvalue weighted by Gasteiger charge is 2.35. The van der Waals surface area contributed by atoms with Gasteiger partial charge in [0.2, 0.25) is 0 Å². The Morgan fingerprint density at radius 1 is 0.976 bits per heavy atom. The fourth-order valence-corrected chi connectivity index (χ4v) is 8.01. The third-order valence-electron chi connectivity index (χ3n) is 10.0. The number of Topliss-reactive ketones (excluding diaryl/α,β-unsaturated/α-hetero) is 3. The van der Waals surface area contributed by atoms with Gasteiger partial charge < -0.3 is 0 Å². The third-order valence-corrected chi connectivity index (χ3v) is 10.0. The van der Waals surface area contributed by atoms with E-state index in [1.807, 2.05) is 0 Å². The SMILES string of the molecule is CCCC(CC1CC(=O)c2c(C)c(-c3ccc(CC4CCCC4)cc3)cc(C(C)C)c2C1)C(CC)C(=O)CC(C)=O. The van der Waals surface area contributed by atoms with E-state index < -0.39 is 0 Å². The smallest absolute Gasteiger partial charge is 0.163 e. The Morgan fingerprint density at radius 2 is 1.66 bits per heavy atom. The molecule has 3 unspecified atom stereocenters. The molecule has 0 saturated heterocycles. The van der Waals surface area contributed by atoms with Crippen LogP contribution in [-0.4, -0.2) is 17.3 Å². The number of carbonyl (C=O) groups excluding carboxylic acids is 3. The van der Waals surface area contributed by atoms with E-state index >= 15 is 0 Å². The molecule has 3 nitrogen and oxygen atoms in total. The van der Waals surface area contributed by atoms with Crippen molar-refractivity contribution < 1.29 is 14.4 Å². The van der Waals surface area contributed by atoms with Crippen molar-refractivity contribution >= 4 is 17.3 Å². The van der Waals surface area contributed by atoms with Crippen LogP contribution in [0.1, 0.15) is 137 Å². The van der Waals surface area contributed by atoms with E-state index in [1.165, 1.54) is 66.8 Å². The van der Waals surface area contributed by atoms with Gasteiger partial charge in [0.15, 0.2) is 5.78 Å². The molecule has 2 aliphatic carbocycles. The Hall–Kier alpha value is -2.55. The van der Waals surface area contributed by atoms with Crippen LogP contribution in [0.15, 0.2) is 30.3 Å². The van der Waals surface area contributed by atoms with Gasteiger partial charge in [-0.3, -0.25) is 14.4 Å². The van der Waals surface area contributed by atoms with E-state index in [-0.39, 0.29) is 41.5 Å². The minimum absolute atomic E-state index is 0.0339. The zero-order valence-corrected chi connectivity index (χ0v) is 26.5. The molecule has 0 heterocycles. The summed E-state index contributed by atoms with van der Waals surface area (Å²) in [6.45, 7) is 12.3. The zero-order valence-electron chi connectivity index (χ0n) is 26.5. The maximum absolute atomic E-state index is 13.9. The van der Waals surface area contributed by atoms with Crippen molar-refractivity contribution in [3.63, 3.8) is 0 Å². The van der Waals surface area contributed by atoms with Crippen molar-refractivity contribution in [1.82, 2.24) is 0 Å². The lowest BCUT2D eigenvalue weighted by atomic mass is 9.70. The Labute approximate surface area is 248 Å². The van der Waals surface area contributed by atoms with E-state index in [2.05, 4.69) is 65.0 Å². The first-order chi connectivity index (χ1) is 19.6. The summed E-state index contributed by atoms with van der Waals surface area (Å²) in [6, 6.07) is 11.5. The second kappa shape index (κ2) is 14.1. The average molecular weight is 557 g/mol. The van der Waals surface area contributed by atoms with Crippen LogP contribution in [0.2, 0.25) is 0 Å². The molecule has 2 aromatic carbocycles. The molecule has 1 fully saturated rings. The number of rotatable bonds is 13. The summed E-state index contributed by atoms with van der Waals surface area (Å²) in [4.78, 5) is 38.6. The topological polar surface area (TPSA) is 51.2 Å². The number of benzene rings is 2. The fraction of sp³-hybridized carbons (Fsp3) is 0.605. The summed E-state index contributed by atoms with van der Waals surface area (Å²) in [5, 5.41) is 0. The van der Waals surface area contributed by atoms with Crippen molar-refractivity contribution in [3.05, 3.63) is 58.1 Å². The second-order valence-corrected chi connectivity index (χ2v) is 13.5. The molecule has 0 aliphatic heterocycles. The first kappa shape index (κ1) is 31.4. The first-order valence-corrected chi connectivity index (χ1v) is 16.4. The van der Waals surface area contributed by atoms with E-state index in [4.69, 9.17) is 0 Å². The standard InChI is InChI=1S/C38H52O3/c1-7-11-31(32(8-2)36(40)18-25(5)39)20-29-21-35-33(24(3)4)23-34(26(6)38(35)37(41)22-29)30-16-14-28(15-17-30)19-27-12-9-10-13-27/h14-17,23-24,27,29,31-32H,7-13,18-22H2,1-6H3. The number of carbonyl (C=O) groups is 3. The monoisotopic (exact) mass is 556 g/mol. The maximum Gasteiger partial charge on any atom is 0.163 e. The molecule has 3 atom stereocenters. The van der Waals surface area contributed by atoms with Crippen LogP contribution in [0.25, 0.3) is 11.1 Å². The van der Waals surface area contributed by atoms with E-state index in [0.717, 1.165) is 49.1 Å². The largest absolute Gasteiger partial charge is 0.300 e. The molecule has 0 radical (unpaired) electrons. The van der Waals surface area contributed by atoms with Gasteiger partial charge in [-0.25, -0.2) is 0 Å². The molecule has 41 heavy (non-hydrogen) atoms. The molecule has 0 amide bonds. The van der Waals surface area contributed by atoms with Crippen LogP contribution in [0.4, 0.5) is 0 Å². The minimum atomic E-state index is -0.0966. The summed E-state index contributed by atoms with van der Waals surface area (Å²) in [6.07, 6.45) is 11.7. The summed E-state index contributed by atoms with van der Waals surface area (Å²) >= 11 is 0. The molecule has 222 valence electrons. The van der Waals surface area contributed by atoms with E-state index in [9.17, 15) is 14.4 Å². The van der Waals surface area contributed by atoms with Crippen LogP contribution in [0.5, 0.6) is 0 Å². The van der Waals surface area contributed by atoms with Crippen LogP contribution >= 0.6 is 0 Å². The highest BCUT2D eigenvalue weighted by molar-refractivity contribution is 6.02. The highest BCUT2D eigenvalue weighted by atomic mass is 16.1. The molecule has 1 saturated carbocycles. The molecule has 4 rings (SSSR count). The van der Waals surface area contributed by atoms with Crippen LogP contribution in [0, 0.1) is 30.6 Å². The van der Waals surface area contributed by atoms with Crippen molar-refractivity contribution in [1.29, 1.82) is 0 Å². The fourth-order valence-electron chi connectivity index (χ4n) is 8.01. The predicted molar refractivity (Wildman–Crippen MR) is 170 cm³/mol. The molecule has 2 aromatic rings. The van der Waals surface area contributed by atoms with E-state index in [1.54, 1.807) is 0 Å². The molecule has 2 aliphatic rings. The van der Waals surface area contributed by atoms with Gasteiger partial charge in [-0.1, -0.05) is 96.6 Å². The lowest BCUT2D eigenvalue weighted by molar-refractivity contribution is -0.129. The number of fused-ring (bicyclic) bond motifs is 1. The summed E-state index contributed by atoms with van der Waals surface area (Å²) in [7, 11) is 0. The van der Waals surface area contributed by atoms with Crippen molar-refractivity contribution in [3.8, 4) is 11.1 Å². The molecular formula is C38H52O3. The Bertz CT molecular complexity index is 1230. The van der Waals surface area contributed by atoms with Crippen LogP contribution in [-0.2, 0) is 22.4 Å². The van der Waals surface area contributed by atoms with E-state index in [0.29, 0.717) is 12.3 Å². The summed E-state index contributed by atoms with van der Waals surface area (Å²) < 4.78 is 0. The van der Waals surface area contributed by atoms with Gasteiger partial charge in [-0.2, -0.15) is 0 Å². The normalized spacial score (nSPS) is 18.9. The maximum atomic E-state index is 13.9. The molecule has 0 N–H and O–H groups in total. The van der Waals surface area contributed by atoms with Gasteiger partial charge in [-0.05, 0) is 96.6 Å². The minimum Gasteiger partial charge on any atom is -0.300 e. The Balaban J connectivity index is 1.61. The summed E-state index contributed by atoms with van der Waals surface area (Å²) in [5.41, 5.74) is 8.41. The van der Waals surface area contributed by atoms with Gasteiger partial charge in [0.05, 0.1) is 6.42 Å². The quantitative estimate of drug-likeness (QED) is 0.231. The summed E-state index contributed by atoms with van der Waals surface area (Å²) in [5.74, 6) is 1.81. The Morgan fingerprint density at radius 3 is 2.24 bits per heavy atom. The van der Waals surface area contributed by atoms with Gasteiger partial charge >= 0.3 is 0 Å². The Kier molecular flexibility index (Phi) is 10.8. The average Bonchev–Trinajstić information content (AvgIpc) is 3.42. The van der Waals surface area contributed by atoms with Crippen molar-refractivity contribution in [2.24, 2.45) is 23.7 Å². The van der Waals surface area contributed by atoms with Crippen molar-refractivity contribution in [2.75, 3.05) is 0 Å². The highest BCUT2D eigenvalue weighted by Crippen LogP contribution is 2.42. The molecule has 0 aromatic heterocycles. The van der Waals surface area contributed by atoms with Gasteiger partial charge in [-0.15, -0.1) is 0 Å². The van der Waals surface area contributed by atoms with Crippen LogP contribution < -0.4 is 0 Å². The molecule has 0 spiro atoms. The molecular weight excluding hydrogens is 504 g/mol. The predicted octanol–water partition coefficient (Wildman–Crippen LogP) is 9.64. The number of ketones is 3. The molecule has 3 heteroatoms. The number of hydrogen-bond acceptors (Lipinski definition) is 3.